The van der Waals surface area contributed by atoms with Gasteiger partial charge in [0.2, 0.25) is 0 Å². The molecule has 122 valence electrons. The normalized spacial score (nSPS) is 18.7. The highest BCUT2D eigenvalue weighted by Gasteiger charge is 2.22. The highest BCUT2D eigenvalue weighted by molar-refractivity contribution is 5.94. The van der Waals surface area contributed by atoms with E-state index in [9.17, 15) is 4.79 Å². The number of nitrogens with zero attached hydrogens (tertiary/aromatic N) is 4. The molecule has 0 radical (unpaired) electrons. The highest BCUT2D eigenvalue weighted by Crippen LogP contribution is 2.14. The van der Waals surface area contributed by atoms with Crippen LogP contribution in [0.3, 0.4) is 0 Å². The summed E-state index contributed by atoms with van der Waals surface area (Å²) in [5.41, 5.74) is 1.76. The van der Waals surface area contributed by atoms with Gasteiger partial charge in [0.1, 0.15) is 0 Å². The molecule has 6 heteroatoms. The quantitative estimate of drug-likeness (QED) is 0.865. The van der Waals surface area contributed by atoms with E-state index in [0.29, 0.717) is 13.1 Å². The summed E-state index contributed by atoms with van der Waals surface area (Å²) in [5, 5.41) is 7.77. The summed E-state index contributed by atoms with van der Waals surface area (Å²) in [5.74, 6) is 0.0781. The molecular weight excluding hydrogens is 292 g/mol. The van der Waals surface area contributed by atoms with Gasteiger partial charge in [-0.25, -0.2) is 4.68 Å². The molecule has 3 rings (SSSR count). The van der Waals surface area contributed by atoms with Gasteiger partial charge < -0.3 is 9.64 Å². The van der Waals surface area contributed by atoms with Gasteiger partial charge in [-0.3, -0.25) is 4.79 Å². The van der Waals surface area contributed by atoms with Gasteiger partial charge >= 0.3 is 0 Å². The standard InChI is InChI=1S/C17H22N4O2/c1-2-16-13-20(8-4-10-23-16)17(22)15-6-3-5-14(11-15)12-21-9-7-18-19-21/h3,5-7,9,11,16H,2,4,8,10,12-13H2,1H3. The van der Waals surface area contributed by atoms with E-state index in [1.165, 1.54) is 0 Å². The summed E-state index contributed by atoms with van der Waals surface area (Å²) in [6.45, 7) is 4.86. The van der Waals surface area contributed by atoms with Crippen molar-refractivity contribution >= 4 is 5.91 Å². The molecule has 0 aliphatic carbocycles. The van der Waals surface area contributed by atoms with Crippen molar-refractivity contribution in [2.45, 2.75) is 32.4 Å². The molecule has 1 atom stereocenters. The lowest BCUT2D eigenvalue weighted by molar-refractivity contribution is 0.0460. The summed E-state index contributed by atoms with van der Waals surface area (Å²) >= 11 is 0. The van der Waals surface area contributed by atoms with E-state index in [0.717, 1.165) is 37.1 Å². The Balaban J connectivity index is 1.73. The van der Waals surface area contributed by atoms with Gasteiger partial charge in [0.05, 0.1) is 18.8 Å². The lowest BCUT2D eigenvalue weighted by Gasteiger charge is -2.23. The first-order chi connectivity index (χ1) is 11.3. The molecule has 23 heavy (non-hydrogen) atoms. The fourth-order valence-electron chi connectivity index (χ4n) is 2.82. The van der Waals surface area contributed by atoms with Gasteiger partial charge in [0, 0.05) is 31.5 Å². The van der Waals surface area contributed by atoms with E-state index in [4.69, 9.17) is 4.74 Å². The number of hydrogen-bond donors (Lipinski definition) is 0. The van der Waals surface area contributed by atoms with Crippen molar-refractivity contribution in [3.05, 3.63) is 47.8 Å². The first-order valence-corrected chi connectivity index (χ1v) is 8.10. The van der Waals surface area contributed by atoms with Crippen LogP contribution in [-0.2, 0) is 11.3 Å². The minimum atomic E-state index is 0.0781. The average molecular weight is 314 g/mol. The lowest BCUT2D eigenvalue weighted by Crippen LogP contribution is -2.36. The van der Waals surface area contributed by atoms with Crippen LogP contribution >= 0.6 is 0 Å². The summed E-state index contributed by atoms with van der Waals surface area (Å²) in [6, 6.07) is 7.74. The minimum Gasteiger partial charge on any atom is -0.376 e. The average Bonchev–Trinajstić information content (AvgIpc) is 2.96. The van der Waals surface area contributed by atoms with E-state index in [1.54, 1.807) is 10.9 Å². The van der Waals surface area contributed by atoms with E-state index in [2.05, 4.69) is 17.2 Å². The zero-order chi connectivity index (χ0) is 16.1. The van der Waals surface area contributed by atoms with Crippen LogP contribution in [-0.4, -0.2) is 51.6 Å². The van der Waals surface area contributed by atoms with Crippen molar-refractivity contribution in [2.24, 2.45) is 0 Å². The van der Waals surface area contributed by atoms with Gasteiger partial charge in [-0.2, -0.15) is 0 Å². The largest absolute Gasteiger partial charge is 0.376 e. The summed E-state index contributed by atoms with van der Waals surface area (Å²) in [4.78, 5) is 14.7. The molecule has 2 aromatic rings. The van der Waals surface area contributed by atoms with Crippen molar-refractivity contribution in [3.8, 4) is 0 Å². The van der Waals surface area contributed by atoms with Crippen LogP contribution in [0.4, 0.5) is 0 Å². The SMILES string of the molecule is CCC1CN(C(=O)c2cccc(Cn3ccnn3)c2)CCCO1. The first-order valence-electron chi connectivity index (χ1n) is 8.10. The molecule has 0 N–H and O–H groups in total. The molecular formula is C17H22N4O2. The third kappa shape index (κ3) is 3.96. The second-order valence-electron chi connectivity index (χ2n) is 5.81. The fraction of sp³-hybridized carbons (Fsp3) is 0.471. The van der Waals surface area contributed by atoms with Gasteiger partial charge in [-0.1, -0.05) is 24.3 Å². The highest BCUT2D eigenvalue weighted by atomic mass is 16.5. The van der Waals surface area contributed by atoms with Gasteiger partial charge in [-0.05, 0) is 30.5 Å². The zero-order valence-electron chi connectivity index (χ0n) is 13.4. The number of aromatic nitrogens is 3. The van der Waals surface area contributed by atoms with E-state index >= 15 is 0 Å². The summed E-state index contributed by atoms with van der Waals surface area (Å²) in [7, 11) is 0. The molecule has 6 nitrogen and oxygen atoms in total. The van der Waals surface area contributed by atoms with E-state index in [-0.39, 0.29) is 12.0 Å². The lowest BCUT2D eigenvalue weighted by atomic mass is 10.1. The number of carbonyl (C=O) groups excluding carboxylic acids is 1. The number of rotatable bonds is 4. The maximum absolute atomic E-state index is 12.8. The Morgan fingerprint density at radius 3 is 3.13 bits per heavy atom. The van der Waals surface area contributed by atoms with Gasteiger partial charge in [0.15, 0.2) is 0 Å². The maximum Gasteiger partial charge on any atom is 0.253 e. The molecule has 1 aliphatic heterocycles. The fourth-order valence-corrected chi connectivity index (χ4v) is 2.82. The molecule has 1 aliphatic rings. The Kier molecular flexibility index (Phi) is 5.02. The van der Waals surface area contributed by atoms with Crippen LogP contribution < -0.4 is 0 Å². The molecule has 1 saturated heterocycles. The van der Waals surface area contributed by atoms with Gasteiger partial charge in [-0.15, -0.1) is 5.10 Å². The minimum absolute atomic E-state index is 0.0781. The van der Waals surface area contributed by atoms with Crippen molar-refractivity contribution in [2.75, 3.05) is 19.7 Å². The monoisotopic (exact) mass is 314 g/mol. The van der Waals surface area contributed by atoms with E-state index in [1.807, 2.05) is 35.4 Å². The molecule has 1 unspecified atom stereocenters. The Morgan fingerprint density at radius 1 is 1.43 bits per heavy atom. The topological polar surface area (TPSA) is 60.2 Å². The summed E-state index contributed by atoms with van der Waals surface area (Å²) in [6.07, 6.45) is 5.42. The second-order valence-corrected chi connectivity index (χ2v) is 5.81. The Labute approximate surface area is 136 Å². The molecule has 1 aromatic heterocycles. The smallest absolute Gasteiger partial charge is 0.253 e. The van der Waals surface area contributed by atoms with Crippen LogP contribution in [0, 0.1) is 0 Å². The zero-order valence-corrected chi connectivity index (χ0v) is 13.4. The maximum atomic E-state index is 12.8. The van der Waals surface area contributed by atoms with Crippen molar-refractivity contribution in [3.63, 3.8) is 0 Å². The first kappa shape index (κ1) is 15.7. The molecule has 1 fully saturated rings. The number of benzene rings is 1. The molecule has 1 aromatic carbocycles. The number of ether oxygens (including phenoxy) is 1. The molecule has 0 spiro atoms. The molecule has 0 bridgehead atoms. The van der Waals surface area contributed by atoms with E-state index < -0.39 is 0 Å². The summed E-state index contributed by atoms with van der Waals surface area (Å²) < 4.78 is 7.50. The third-order valence-electron chi connectivity index (χ3n) is 4.08. The molecule has 2 heterocycles. The Hall–Kier alpha value is -2.21. The van der Waals surface area contributed by atoms with Crippen molar-refractivity contribution in [1.82, 2.24) is 19.9 Å². The molecule has 1 amide bonds. The number of hydrogen-bond acceptors (Lipinski definition) is 4. The van der Waals surface area contributed by atoms with Crippen molar-refractivity contribution < 1.29 is 9.53 Å². The number of amides is 1. The van der Waals surface area contributed by atoms with Crippen LogP contribution in [0.1, 0.15) is 35.7 Å². The second kappa shape index (κ2) is 7.37. The predicted molar refractivity (Wildman–Crippen MR) is 86.1 cm³/mol. The predicted octanol–water partition coefficient (Wildman–Crippen LogP) is 1.97. The molecule has 0 saturated carbocycles. The van der Waals surface area contributed by atoms with Crippen LogP contribution in [0.2, 0.25) is 0 Å². The van der Waals surface area contributed by atoms with Crippen molar-refractivity contribution in [1.29, 1.82) is 0 Å². The number of carbonyl (C=O) groups is 1. The third-order valence-corrected chi connectivity index (χ3v) is 4.08. The van der Waals surface area contributed by atoms with Gasteiger partial charge in [0.25, 0.3) is 5.91 Å². The van der Waals surface area contributed by atoms with Crippen LogP contribution in [0.25, 0.3) is 0 Å². The Morgan fingerprint density at radius 2 is 2.35 bits per heavy atom. The van der Waals surface area contributed by atoms with Crippen LogP contribution in [0.15, 0.2) is 36.7 Å². The van der Waals surface area contributed by atoms with Crippen LogP contribution in [0.5, 0.6) is 0 Å². The Bertz CT molecular complexity index is 642.